The van der Waals surface area contributed by atoms with Gasteiger partial charge in [-0.2, -0.15) is 0 Å². The summed E-state index contributed by atoms with van der Waals surface area (Å²) in [6, 6.07) is 9.76. The number of carbonyl (C=O) groups is 1. The minimum atomic E-state index is -0.319. The van der Waals surface area contributed by atoms with Gasteiger partial charge < -0.3 is 19.3 Å². The molecule has 0 saturated carbocycles. The number of phenolic OH excluding ortho intramolecular Hbond substituents is 1. The highest BCUT2D eigenvalue weighted by molar-refractivity contribution is 5.88. The number of carbonyl (C=O) groups excluding carboxylic acids is 1. The standard InChI is InChI=1S/C26H29NO5/c1-30-24-14-19-20(15-25(24)31-2)22-13-18(12-17-5-3-4-10-27(17)22)32-26(29)9-7-16-6-8-23(28)21(19)11-16/h6-9,11,14-15,17-18,22,28H,3-5,10,12-13H2,1-2H3/t17-,18+,22+/m1/s1. The van der Waals surface area contributed by atoms with E-state index in [-0.39, 0.29) is 23.9 Å². The minimum Gasteiger partial charge on any atom is -0.507 e. The lowest BCUT2D eigenvalue weighted by Crippen LogP contribution is -2.49. The lowest BCUT2D eigenvalue weighted by Gasteiger charge is -2.48. The van der Waals surface area contributed by atoms with E-state index in [1.54, 1.807) is 32.4 Å². The molecule has 0 amide bonds. The highest BCUT2D eigenvalue weighted by atomic mass is 16.5. The maximum Gasteiger partial charge on any atom is 0.331 e. The molecule has 0 radical (unpaired) electrons. The first kappa shape index (κ1) is 20.9. The predicted octanol–water partition coefficient (Wildman–Crippen LogP) is 4.70. The van der Waals surface area contributed by atoms with Crippen LogP contribution in [0.15, 0.2) is 36.4 Å². The summed E-state index contributed by atoms with van der Waals surface area (Å²) in [5.41, 5.74) is 3.51. The number of phenols is 1. The molecule has 2 aromatic carbocycles. The second kappa shape index (κ2) is 8.51. The first-order chi connectivity index (χ1) is 15.6. The Hall–Kier alpha value is -2.99. The molecule has 168 valence electrons. The highest BCUT2D eigenvalue weighted by Gasteiger charge is 2.40. The van der Waals surface area contributed by atoms with E-state index < -0.39 is 0 Å². The maximum atomic E-state index is 12.5. The average Bonchev–Trinajstić information content (AvgIpc) is 2.81. The Morgan fingerprint density at radius 1 is 1.00 bits per heavy atom. The van der Waals surface area contributed by atoms with E-state index in [9.17, 15) is 9.90 Å². The van der Waals surface area contributed by atoms with Crippen LogP contribution in [0.1, 0.15) is 49.3 Å². The van der Waals surface area contributed by atoms with Gasteiger partial charge in [0, 0.05) is 36.6 Å². The Kier molecular flexibility index (Phi) is 5.55. The van der Waals surface area contributed by atoms with Gasteiger partial charge in [-0.1, -0.05) is 12.5 Å². The van der Waals surface area contributed by atoms with Crippen LogP contribution >= 0.6 is 0 Å². The molecule has 3 aliphatic rings. The van der Waals surface area contributed by atoms with E-state index in [4.69, 9.17) is 14.2 Å². The molecule has 6 nitrogen and oxygen atoms in total. The number of piperidine rings is 2. The Balaban J connectivity index is 1.76. The lowest BCUT2D eigenvalue weighted by molar-refractivity contribution is -0.148. The van der Waals surface area contributed by atoms with Gasteiger partial charge in [0.1, 0.15) is 11.9 Å². The lowest BCUT2D eigenvalue weighted by atomic mass is 9.81. The third-order valence-electron chi connectivity index (χ3n) is 7.01. The van der Waals surface area contributed by atoms with Gasteiger partial charge in [-0.25, -0.2) is 4.79 Å². The fourth-order valence-electron chi connectivity index (χ4n) is 5.52. The zero-order valence-corrected chi connectivity index (χ0v) is 18.5. The number of aromatic hydroxyl groups is 1. The number of rotatable bonds is 2. The molecule has 2 aromatic rings. The smallest absolute Gasteiger partial charge is 0.331 e. The van der Waals surface area contributed by atoms with Crippen molar-refractivity contribution in [2.24, 2.45) is 0 Å². The molecular formula is C26H29NO5. The van der Waals surface area contributed by atoms with Crippen molar-refractivity contribution in [3.63, 3.8) is 0 Å². The van der Waals surface area contributed by atoms with Crippen molar-refractivity contribution in [2.45, 2.75) is 50.3 Å². The van der Waals surface area contributed by atoms with Crippen molar-refractivity contribution < 1.29 is 24.1 Å². The number of nitrogens with zero attached hydrogens (tertiary/aromatic N) is 1. The molecule has 0 aromatic heterocycles. The van der Waals surface area contributed by atoms with Crippen LogP contribution in [-0.4, -0.2) is 48.9 Å². The molecule has 4 bridgehead atoms. The Labute approximate surface area is 188 Å². The molecule has 6 heteroatoms. The van der Waals surface area contributed by atoms with Gasteiger partial charge in [0.05, 0.1) is 14.2 Å². The Bertz CT molecular complexity index is 1060. The van der Waals surface area contributed by atoms with Gasteiger partial charge in [0.15, 0.2) is 11.5 Å². The topological polar surface area (TPSA) is 68.2 Å². The number of methoxy groups -OCH3 is 2. The van der Waals surface area contributed by atoms with Crippen molar-refractivity contribution in [1.29, 1.82) is 0 Å². The molecule has 2 saturated heterocycles. The normalized spacial score (nSPS) is 24.9. The molecular weight excluding hydrogens is 406 g/mol. The number of hydrogen-bond donors (Lipinski definition) is 1. The largest absolute Gasteiger partial charge is 0.507 e. The van der Waals surface area contributed by atoms with Crippen molar-refractivity contribution in [3.05, 3.63) is 47.5 Å². The van der Waals surface area contributed by atoms with Crippen molar-refractivity contribution in [2.75, 3.05) is 20.8 Å². The van der Waals surface area contributed by atoms with Crippen LogP contribution in [0.25, 0.3) is 17.2 Å². The second-order valence-electron chi connectivity index (χ2n) is 8.84. The molecule has 3 aliphatic heterocycles. The summed E-state index contributed by atoms with van der Waals surface area (Å²) in [7, 11) is 3.26. The monoisotopic (exact) mass is 435 g/mol. The fraction of sp³-hybridized carbons (Fsp3) is 0.423. The van der Waals surface area contributed by atoms with E-state index in [0.29, 0.717) is 29.5 Å². The number of hydrogen-bond acceptors (Lipinski definition) is 6. The van der Waals surface area contributed by atoms with E-state index >= 15 is 0 Å². The van der Waals surface area contributed by atoms with E-state index in [1.165, 1.54) is 12.5 Å². The molecule has 3 atom stereocenters. The number of ether oxygens (including phenoxy) is 3. The van der Waals surface area contributed by atoms with Gasteiger partial charge in [-0.15, -0.1) is 0 Å². The SMILES string of the molecule is COc1cc2c(cc1OC)[C@@H]1C[C@H](C[C@H]3CCCCN31)OC(=O)C=Cc1ccc(O)c-2c1. The van der Waals surface area contributed by atoms with Gasteiger partial charge in [0.25, 0.3) is 0 Å². The highest BCUT2D eigenvalue weighted by Crippen LogP contribution is 2.47. The van der Waals surface area contributed by atoms with E-state index in [0.717, 1.165) is 42.5 Å². The molecule has 32 heavy (non-hydrogen) atoms. The first-order valence-electron chi connectivity index (χ1n) is 11.3. The molecule has 0 aliphatic carbocycles. The van der Waals surface area contributed by atoms with Crippen LogP contribution < -0.4 is 9.47 Å². The molecule has 3 heterocycles. The van der Waals surface area contributed by atoms with Crippen molar-refractivity contribution in [3.8, 4) is 28.4 Å². The van der Waals surface area contributed by atoms with Crippen LogP contribution in [0.3, 0.4) is 0 Å². The van der Waals surface area contributed by atoms with Gasteiger partial charge in [-0.05, 0) is 66.4 Å². The molecule has 1 N–H and O–H groups in total. The number of benzene rings is 2. The summed E-state index contributed by atoms with van der Waals surface area (Å²) >= 11 is 0. The summed E-state index contributed by atoms with van der Waals surface area (Å²) < 4.78 is 17.2. The first-order valence-corrected chi connectivity index (χ1v) is 11.3. The van der Waals surface area contributed by atoms with Crippen LogP contribution in [0.2, 0.25) is 0 Å². The zero-order valence-electron chi connectivity index (χ0n) is 18.5. The van der Waals surface area contributed by atoms with Crippen LogP contribution in [0.5, 0.6) is 17.2 Å². The molecule has 0 spiro atoms. The average molecular weight is 436 g/mol. The summed E-state index contributed by atoms with van der Waals surface area (Å²) in [6.45, 7) is 1.01. The van der Waals surface area contributed by atoms with Crippen molar-refractivity contribution in [1.82, 2.24) is 4.90 Å². The Morgan fingerprint density at radius 2 is 1.81 bits per heavy atom. The van der Waals surface area contributed by atoms with Crippen molar-refractivity contribution >= 4 is 12.0 Å². The molecule has 0 unspecified atom stereocenters. The molecule has 2 fully saturated rings. The van der Waals surface area contributed by atoms with E-state index in [2.05, 4.69) is 4.90 Å². The van der Waals surface area contributed by atoms with Gasteiger partial charge in [0.2, 0.25) is 0 Å². The fourth-order valence-corrected chi connectivity index (χ4v) is 5.52. The Morgan fingerprint density at radius 3 is 2.62 bits per heavy atom. The van der Waals surface area contributed by atoms with Crippen LogP contribution in [0, 0.1) is 0 Å². The van der Waals surface area contributed by atoms with Gasteiger partial charge in [-0.3, -0.25) is 4.90 Å². The summed E-state index contributed by atoms with van der Waals surface area (Å²) in [6.07, 6.45) is 8.08. The second-order valence-corrected chi connectivity index (χ2v) is 8.84. The minimum absolute atomic E-state index is 0.0492. The third-order valence-corrected chi connectivity index (χ3v) is 7.01. The van der Waals surface area contributed by atoms with Gasteiger partial charge >= 0.3 is 5.97 Å². The summed E-state index contributed by atoms with van der Waals surface area (Å²) in [5, 5.41) is 10.8. The van der Waals surface area contributed by atoms with E-state index in [1.807, 2.05) is 18.2 Å². The third kappa shape index (κ3) is 3.73. The summed E-state index contributed by atoms with van der Waals surface area (Å²) in [5.74, 6) is 1.15. The number of esters is 1. The zero-order chi connectivity index (χ0) is 22.2. The predicted molar refractivity (Wildman–Crippen MR) is 122 cm³/mol. The molecule has 5 rings (SSSR count). The number of fused-ring (bicyclic) bond motifs is 9. The van der Waals surface area contributed by atoms with Crippen LogP contribution in [0.4, 0.5) is 0 Å². The maximum absolute atomic E-state index is 12.5. The van der Waals surface area contributed by atoms with Crippen LogP contribution in [-0.2, 0) is 9.53 Å². The quantitative estimate of drug-likeness (QED) is 0.690. The summed E-state index contributed by atoms with van der Waals surface area (Å²) in [4.78, 5) is 15.1.